The van der Waals surface area contributed by atoms with E-state index in [0.717, 1.165) is 50.0 Å². The lowest BCUT2D eigenvalue weighted by atomic mass is 10.1. The lowest BCUT2D eigenvalue weighted by Crippen LogP contribution is -1.99. The van der Waals surface area contributed by atoms with Crippen molar-refractivity contribution in [2.75, 3.05) is 0 Å². The van der Waals surface area contributed by atoms with Crippen LogP contribution in [0.1, 0.15) is 0 Å². The van der Waals surface area contributed by atoms with Gasteiger partial charge in [0.2, 0.25) is 0 Å². The second-order valence-electron chi connectivity index (χ2n) is 13.7. The Morgan fingerprint density at radius 1 is 0.308 bits per heavy atom. The Morgan fingerprint density at radius 2 is 0.712 bits per heavy atom. The highest BCUT2D eigenvalue weighted by Crippen LogP contribution is 2.43. The maximum absolute atomic E-state index is 6.91. The Bertz CT molecular complexity index is 3320. The van der Waals surface area contributed by atoms with Crippen LogP contribution in [0, 0.1) is 0 Å². The molecular formula is C48H29N3O. The number of hydrogen-bond acceptors (Lipinski definition) is 1. The SMILES string of the molecule is c1ccc2c(c1)oc1c(-n3c4ccccc4c4cc(-n5c6ccccc6c6ccccc65)ccc43)ccc(-n3c4ccccc4c4ccccc43)c12. The molecule has 8 aromatic carbocycles. The lowest BCUT2D eigenvalue weighted by molar-refractivity contribution is 0.666. The van der Waals surface area contributed by atoms with E-state index < -0.39 is 0 Å². The maximum atomic E-state index is 6.91. The van der Waals surface area contributed by atoms with Gasteiger partial charge in [-0.15, -0.1) is 0 Å². The van der Waals surface area contributed by atoms with E-state index in [4.69, 9.17) is 4.42 Å². The zero-order chi connectivity index (χ0) is 33.9. The minimum atomic E-state index is 0.870. The molecule has 0 amide bonds. The highest BCUT2D eigenvalue weighted by molar-refractivity contribution is 6.18. The molecule has 0 bridgehead atoms. The van der Waals surface area contributed by atoms with E-state index in [1.54, 1.807) is 0 Å². The second-order valence-corrected chi connectivity index (χ2v) is 13.7. The molecule has 0 aliphatic heterocycles. The Kier molecular flexibility index (Phi) is 5.47. The van der Waals surface area contributed by atoms with Crippen LogP contribution in [0.4, 0.5) is 0 Å². The minimum absolute atomic E-state index is 0.870. The van der Waals surface area contributed by atoms with Crippen molar-refractivity contribution in [1.29, 1.82) is 0 Å². The fourth-order valence-electron chi connectivity index (χ4n) is 8.90. The fraction of sp³-hybridized carbons (Fsp3) is 0. The van der Waals surface area contributed by atoms with Gasteiger partial charge in [-0.1, -0.05) is 109 Å². The third-order valence-electron chi connectivity index (χ3n) is 11.0. The lowest BCUT2D eigenvalue weighted by Gasteiger charge is -2.14. The predicted molar refractivity (Wildman–Crippen MR) is 217 cm³/mol. The van der Waals surface area contributed by atoms with Crippen LogP contribution in [0.5, 0.6) is 0 Å². The quantitative estimate of drug-likeness (QED) is 0.185. The van der Waals surface area contributed by atoms with Crippen LogP contribution in [-0.2, 0) is 0 Å². The smallest absolute Gasteiger partial charge is 0.161 e. The Labute approximate surface area is 297 Å². The van der Waals surface area contributed by atoms with Crippen molar-refractivity contribution in [3.63, 3.8) is 0 Å². The monoisotopic (exact) mass is 663 g/mol. The van der Waals surface area contributed by atoms with Crippen LogP contribution in [0.2, 0.25) is 0 Å². The summed E-state index contributed by atoms with van der Waals surface area (Å²) in [4.78, 5) is 0. The van der Waals surface area contributed by atoms with Gasteiger partial charge >= 0.3 is 0 Å². The topological polar surface area (TPSA) is 27.9 Å². The van der Waals surface area contributed by atoms with Gasteiger partial charge in [-0.3, -0.25) is 0 Å². The number of hydrogen-bond donors (Lipinski definition) is 0. The van der Waals surface area contributed by atoms with Crippen molar-refractivity contribution in [2.45, 2.75) is 0 Å². The van der Waals surface area contributed by atoms with Crippen molar-refractivity contribution < 1.29 is 4.42 Å². The molecule has 0 radical (unpaired) electrons. The summed E-state index contributed by atoms with van der Waals surface area (Å²) in [7, 11) is 0. The number of furan rings is 1. The summed E-state index contributed by atoms with van der Waals surface area (Å²) in [5, 5.41) is 9.61. The number of para-hydroxylation sites is 6. The van der Waals surface area contributed by atoms with Crippen LogP contribution in [0.3, 0.4) is 0 Å². The first kappa shape index (κ1) is 27.7. The summed E-state index contributed by atoms with van der Waals surface area (Å²) in [6.45, 7) is 0. The Hall–Kier alpha value is -7.04. The van der Waals surface area contributed by atoms with Gasteiger partial charge in [0.05, 0.1) is 49.9 Å². The van der Waals surface area contributed by atoms with Gasteiger partial charge in [0.15, 0.2) is 5.58 Å². The highest BCUT2D eigenvalue weighted by Gasteiger charge is 2.23. The van der Waals surface area contributed by atoms with E-state index in [0.29, 0.717) is 0 Å². The van der Waals surface area contributed by atoms with E-state index in [9.17, 15) is 0 Å². The van der Waals surface area contributed by atoms with Gasteiger partial charge in [-0.2, -0.15) is 0 Å². The zero-order valence-electron chi connectivity index (χ0n) is 28.0. The van der Waals surface area contributed by atoms with Gasteiger partial charge in [0.25, 0.3) is 0 Å². The highest BCUT2D eigenvalue weighted by atomic mass is 16.3. The average molecular weight is 664 g/mol. The number of aromatic nitrogens is 3. The molecule has 4 aromatic heterocycles. The molecule has 4 heterocycles. The van der Waals surface area contributed by atoms with Gasteiger partial charge < -0.3 is 18.1 Å². The first-order valence-electron chi connectivity index (χ1n) is 17.8. The Morgan fingerprint density at radius 3 is 1.27 bits per heavy atom. The van der Waals surface area contributed by atoms with E-state index in [1.807, 2.05) is 0 Å². The second kappa shape index (κ2) is 10.3. The molecule has 242 valence electrons. The summed E-state index contributed by atoms with van der Waals surface area (Å²) in [5.41, 5.74) is 12.1. The molecule has 12 aromatic rings. The van der Waals surface area contributed by atoms with E-state index in [2.05, 4.69) is 190 Å². The van der Waals surface area contributed by atoms with Gasteiger partial charge in [0.1, 0.15) is 5.58 Å². The predicted octanol–water partition coefficient (Wildman–Crippen LogP) is 12.9. The van der Waals surface area contributed by atoms with Crippen molar-refractivity contribution in [3.05, 3.63) is 176 Å². The molecule has 0 N–H and O–H groups in total. The molecule has 0 spiro atoms. The summed E-state index contributed by atoms with van der Waals surface area (Å²) in [5.74, 6) is 0. The minimum Gasteiger partial charge on any atom is -0.454 e. The molecule has 4 nitrogen and oxygen atoms in total. The molecule has 0 saturated heterocycles. The van der Waals surface area contributed by atoms with Crippen molar-refractivity contribution in [1.82, 2.24) is 13.7 Å². The molecule has 0 aliphatic rings. The molecule has 0 aliphatic carbocycles. The standard InChI is InChI=1S/C48H29N3O/c1-7-19-38-31(13-1)32-14-2-8-20-39(32)49(38)30-25-26-43-37(29-30)35-17-5-11-23-42(35)51(43)45-28-27-44(47-36-18-6-12-24-46(36)52-48(45)47)50-40-21-9-3-15-33(40)34-16-4-10-22-41(34)50/h1-29H. The van der Waals surface area contributed by atoms with Crippen LogP contribution in [-0.4, -0.2) is 13.7 Å². The number of rotatable bonds is 3. The van der Waals surface area contributed by atoms with Crippen LogP contribution in [0.15, 0.2) is 180 Å². The molecule has 0 atom stereocenters. The van der Waals surface area contributed by atoms with Crippen molar-refractivity contribution >= 4 is 87.4 Å². The molecule has 0 fully saturated rings. The largest absolute Gasteiger partial charge is 0.454 e. The van der Waals surface area contributed by atoms with Gasteiger partial charge in [-0.05, 0) is 66.7 Å². The molecule has 0 saturated carbocycles. The molecule has 12 rings (SSSR count). The normalized spacial score (nSPS) is 12.2. The summed E-state index contributed by atoms with van der Waals surface area (Å²) in [6, 6.07) is 63.4. The molecule has 4 heteroatoms. The Balaban J connectivity index is 1.17. The summed E-state index contributed by atoms with van der Waals surface area (Å²) < 4.78 is 14.1. The van der Waals surface area contributed by atoms with Crippen molar-refractivity contribution in [2.24, 2.45) is 0 Å². The van der Waals surface area contributed by atoms with Crippen molar-refractivity contribution in [3.8, 4) is 17.1 Å². The molecular weight excluding hydrogens is 635 g/mol. The summed E-state index contributed by atoms with van der Waals surface area (Å²) >= 11 is 0. The maximum Gasteiger partial charge on any atom is 0.161 e. The van der Waals surface area contributed by atoms with E-state index in [-0.39, 0.29) is 0 Å². The first-order valence-corrected chi connectivity index (χ1v) is 17.8. The van der Waals surface area contributed by atoms with Crippen LogP contribution < -0.4 is 0 Å². The zero-order valence-corrected chi connectivity index (χ0v) is 28.0. The van der Waals surface area contributed by atoms with Gasteiger partial charge in [-0.25, -0.2) is 0 Å². The van der Waals surface area contributed by atoms with E-state index >= 15 is 0 Å². The molecule has 0 unspecified atom stereocenters. The first-order chi connectivity index (χ1) is 25.8. The fourth-order valence-corrected chi connectivity index (χ4v) is 8.90. The molecule has 52 heavy (non-hydrogen) atoms. The third kappa shape index (κ3) is 3.60. The number of nitrogens with zero attached hydrogens (tertiary/aromatic N) is 3. The summed E-state index contributed by atoms with van der Waals surface area (Å²) in [6.07, 6.45) is 0. The number of benzene rings is 8. The number of fused-ring (bicyclic) bond motifs is 12. The van der Waals surface area contributed by atoms with Crippen LogP contribution >= 0.6 is 0 Å². The van der Waals surface area contributed by atoms with Gasteiger partial charge in [0, 0.05) is 43.4 Å². The average Bonchev–Trinajstić information content (AvgIpc) is 3.94. The third-order valence-corrected chi connectivity index (χ3v) is 11.0. The van der Waals surface area contributed by atoms with Crippen LogP contribution in [0.25, 0.3) is 104 Å². The van der Waals surface area contributed by atoms with E-state index in [1.165, 1.54) is 54.4 Å².